The summed E-state index contributed by atoms with van der Waals surface area (Å²) >= 11 is 0. The van der Waals surface area contributed by atoms with Crippen LogP contribution < -0.4 is 15.9 Å². The Hall–Kier alpha value is -2.97. The van der Waals surface area contributed by atoms with Gasteiger partial charge >= 0.3 is 0 Å². The first-order chi connectivity index (χ1) is 15.7. The molecule has 5 rings (SSSR count). The molecule has 0 bridgehead atoms. The molecular formula is C27H29N2O2P. The van der Waals surface area contributed by atoms with E-state index in [2.05, 4.69) is 109 Å². The minimum Gasteiger partial charge on any atom is -0.482 e. The predicted octanol–water partition coefficient (Wildman–Crippen LogP) is 4.29. The lowest BCUT2D eigenvalue weighted by Crippen LogP contribution is -2.25. The molecule has 5 heteroatoms. The van der Waals surface area contributed by atoms with Crippen LogP contribution in [0, 0.1) is 5.92 Å². The molecule has 3 aromatic rings. The average Bonchev–Trinajstić information content (AvgIpc) is 3.57. The van der Waals surface area contributed by atoms with E-state index in [1.165, 1.54) is 22.3 Å². The van der Waals surface area contributed by atoms with Crippen LogP contribution in [0.1, 0.15) is 19.4 Å². The van der Waals surface area contributed by atoms with Gasteiger partial charge in [-0.05, 0) is 35.8 Å². The Kier molecular flexibility index (Phi) is 7.68. The molecule has 0 aliphatic carbocycles. The zero-order chi connectivity index (χ0) is 22.2. The first-order valence-corrected chi connectivity index (χ1v) is 12.4. The van der Waals surface area contributed by atoms with Crippen LogP contribution >= 0.6 is 7.92 Å². The van der Waals surface area contributed by atoms with Gasteiger partial charge in [-0.2, -0.15) is 0 Å². The molecular weight excluding hydrogens is 415 g/mol. The summed E-state index contributed by atoms with van der Waals surface area (Å²) in [5.41, 5.74) is 1.12. The molecule has 2 aliphatic rings. The average molecular weight is 445 g/mol. The predicted molar refractivity (Wildman–Crippen MR) is 136 cm³/mol. The molecule has 32 heavy (non-hydrogen) atoms. The van der Waals surface area contributed by atoms with Crippen molar-refractivity contribution < 1.29 is 9.47 Å². The Labute approximate surface area is 191 Å². The molecule has 0 saturated carbocycles. The normalized spacial score (nSPS) is 16.9. The summed E-state index contributed by atoms with van der Waals surface area (Å²) in [6, 6.07) is 30.4. The van der Waals surface area contributed by atoms with E-state index in [0.29, 0.717) is 12.5 Å². The van der Waals surface area contributed by atoms with Gasteiger partial charge < -0.3 is 9.47 Å². The third kappa shape index (κ3) is 5.44. The van der Waals surface area contributed by atoms with Crippen LogP contribution in [0.2, 0.25) is 0 Å². The molecule has 2 heterocycles. The van der Waals surface area contributed by atoms with Gasteiger partial charge in [0.2, 0.25) is 5.90 Å². The summed E-state index contributed by atoms with van der Waals surface area (Å²) < 4.78 is 10.7. The van der Waals surface area contributed by atoms with Gasteiger partial charge in [0.25, 0.3) is 0 Å². The second-order valence-electron chi connectivity index (χ2n) is 7.96. The number of hydrogen-bond acceptors (Lipinski definition) is 4. The minimum atomic E-state index is -0.673. The first kappa shape index (κ1) is 22.2. The lowest BCUT2D eigenvalue weighted by Gasteiger charge is -2.22. The number of rotatable bonds is 5. The van der Waals surface area contributed by atoms with E-state index in [1.807, 2.05) is 0 Å². The molecule has 3 aromatic carbocycles. The van der Waals surface area contributed by atoms with Crippen molar-refractivity contribution in [1.29, 1.82) is 0 Å². The Morgan fingerprint density at radius 3 is 1.97 bits per heavy atom. The zero-order valence-electron chi connectivity index (χ0n) is 18.6. The molecule has 4 nitrogen and oxygen atoms in total. The first-order valence-electron chi connectivity index (χ1n) is 11.0. The van der Waals surface area contributed by atoms with Gasteiger partial charge in [0, 0.05) is 5.56 Å². The van der Waals surface area contributed by atoms with Crippen LogP contribution in [0.15, 0.2) is 94.9 Å². The van der Waals surface area contributed by atoms with Crippen molar-refractivity contribution in [3.63, 3.8) is 0 Å². The lowest BCUT2D eigenvalue weighted by molar-refractivity contribution is 0.292. The smallest absolute Gasteiger partial charge is 0.217 e. The van der Waals surface area contributed by atoms with Gasteiger partial charge in [-0.1, -0.05) is 92.7 Å². The van der Waals surface area contributed by atoms with E-state index in [4.69, 9.17) is 9.73 Å². The highest BCUT2D eigenvalue weighted by Gasteiger charge is 2.27. The Bertz CT molecular complexity index is 1010. The fraction of sp³-hybridized carbons (Fsp3) is 0.259. The SMILES string of the molecule is C1=NCCO1.CC(C)[C@H]1COC(c2ccccc2P(c2ccccc2)c2ccccc2)=N1. The Balaban J connectivity index is 0.000000433. The summed E-state index contributed by atoms with van der Waals surface area (Å²) in [7, 11) is -0.673. The van der Waals surface area contributed by atoms with E-state index in [1.54, 1.807) is 0 Å². The van der Waals surface area contributed by atoms with Crippen molar-refractivity contribution >= 4 is 36.1 Å². The number of ether oxygens (including phenoxy) is 2. The van der Waals surface area contributed by atoms with Crippen LogP contribution in [-0.2, 0) is 9.47 Å². The molecule has 0 spiro atoms. The molecule has 0 amide bonds. The van der Waals surface area contributed by atoms with E-state index >= 15 is 0 Å². The molecule has 2 aliphatic heterocycles. The van der Waals surface area contributed by atoms with Crippen LogP contribution in [0.4, 0.5) is 0 Å². The van der Waals surface area contributed by atoms with E-state index in [0.717, 1.165) is 24.6 Å². The second-order valence-corrected chi connectivity index (χ2v) is 10.1. The molecule has 0 radical (unpaired) electrons. The van der Waals surface area contributed by atoms with Gasteiger partial charge in [-0.3, -0.25) is 4.99 Å². The summed E-state index contributed by atoms with van der Waals surface area (Å²) in [4.78, 5) is 8.63. The van der Waals surface area contributed by atoms with E-state index in [-0.39, 0.29) is 6.04 Å². The quantitative estimate of drug-likeness (QED) is 0.551. The number of aliphatic imine (C=N–C) groups is 2. The van der Waals surface area contributed by atoms with Gasteiger partial charge in [0.05, 0.1) is 12.6 Å². The number of hydrogen-bond donors (Lipinski definition) is 0. The van der Waals surface area contributed by atoms with Crippen LogP contribution in [-0.4, -0.2) is 38.1 Å². The minimum absolute atomic E-state index is 0.243. The highest BCUT2D eigenvalue weighted by Crippen LogP contribution is 2.34. The Morgan fingerprint density at radius 2 is 1.47 bits per heavy atom. The molecule has 0 fully saturated rings. The van der Waals surface area contributed by atoms with E-state index < -0.39 is 7.92 Å². The van der Waals surface area contributed by atoms with Crippen molar-refractivity contribution in [2.45, 2.75) is 19.9 Å². The largest absolute Gasteiger partial charge is 0.482 e. The van der Waals surface area contributed by atoms with Gasteiger partial charge in [-0.25, -0.2) is 4.99 Å². The molecule has 164 valence electrons. The van der Waals surface area contributed by atoms with Crippen molar-refractivity contribution in [2.24, 2.45) is 15.9 Å². The maximum atomic E-state index is 6.04. The van der Waals surface area contributed by atoms with Crippen LogP contribution in [0.25, 0.3) is 0 Å². The molecule has 0 aromatic heterocycles. The molecule has 0 N–H and O–H groups in total. The van der Waals surface area contributed by atoms with Gasteiger partial charge in [0.15, 0.2) is 6.40 Å². The van der Waals surface area contributed by atoms with E-state index in [9.17, 15) is 0 Å². The van der Waals surface area contributed by atoms with Crippen molar-refractivity contribution in [2.75, 3.05) is 19.8 Å². The number of benzene rings is 3. The monoisotopic (exact) mass is 444 g/mol. The van der Waals surface area contributed by atoms with Gasteiger partial charge in [-0.15, -0.1) is 0 Å². The van der Waals surface area contributed by atoms with Crippen LogP contribution in [0.5, 0.6) is 0 Å². The highest BCUT2D eigenvalue weighted by molar-refractivity contribution is 7.80. The molecule has 0 unspecified atom stereocenters. The standard InChI is InChI=1S/C24H24NOP.C3H5NO/c1-18(2)22-17-26-24(25-22)21-15-9-10-16-23(21)27(19-11-5-3-6-12-19)20-13-7-4-8-14-20;1-2-5-3-4-1/h3-16,18,22H,17H2,1-2H3;3H,1-2H2/t22-;/m1./s1. The zero-order valence-corrected chi connectivity index (χ0v) is 19.5. The number of nitrogens with zero attached hydrogens (tertiary/aromatic N) is 2. The maximum absolute atomic E-state index is 6.04. The van der Waals surface area contributed by atoms with Gasteiger partial charge in [0.1, 0.15) is 13.2 Å². The third-order valence-electron chi connectivity index (χ3n) is 5.33. The van der Waals surface area contributed by atoms with Crippen molar-refractivity contribution in [3.8, 4) is 0 Å². The lowest BCUT2D eigenvalue weighted by atomic mass is 10.1. The van der Waals surface area contributed by atoms with Crippen molar-refractivity contribution in [1.82, 2.24) is 0 Å². The fourth-order valence-corrected chi connectivity index (χ4v) is 6.01. The Morgan fingerprint density at radius 1 is 0.844 bits per heavy atom. The summed E-state index contributed by atoms with van der Waals surface area (Å²) in [6.07, 6.45) is 1.49. The fourth-order valence-electron chi connectivity index (χ4n) is 3.57. The second kappa shape index (κ2) is 11.1. The summed E-state index contributed by atoms with van der Waals surface area (Å²) in [5, 5.41) is 3.98. The molecule has 0 saturated heterocycles. The van der Waals surface area contributed by atoms with Crippen molar-refractivity contribution in [3.05, 3.63) is 90.5 Å². The summed E-state index contributed by atoms with van der Waals surface area (Å²) in [5.74, 6) is 1.28. The van der Waals surface area contributed by atoms with Crippen LogP contribution in [0.3, 0.4) is 0 Å². The third-order valence-corrected chi connectivity index (χ3v) is 7.84. The maximum Gasteiger partial charge on any atom is 0.217 e. The highest BCUT2D eigenvalue weighted by atomic mass is 31.1. The molecule has 1 atom stereocenters. The topological polar surface area (TPSA) is 43.2 Å². The summed E-state index contributed by atoms with van der Waals surface area (Å²) in [6.45, 7) is 6.70.